The number of non-ortho nitro benzene ring substituents is 1. The van der Waals surface area contributed by atoms with E-state index in [2.05, 4.69) is 5.32 Å². The Morgan fingerprint density at radius 1 is 1.45 bits per heavy atom. The summed E-state index contributed by atoms with van der Waals surface area (Å²) in [6, 6.07) is 3.94. The molecule has 22 heavy (non-hydrogen) atoms. The molecule has 9 heteroatoms. The minimum Gasteiger partial charge on any atom is -0.407 e. The zero-order valence-electron chi connectivity index (χ0n) is 11.7. The standard InChI is InChI=1S/C13H15N3O6/c17-7-5-14-12(18)2-1-6-15-10-4-3-9(16(20)21)8-11(10)22-13(15)19/h3-4,8,17H,1-2,5-7H2,(H,14,18). The Hall–Kier alpha value is -2.68. The van der Waals surface area contributed by atoms with E-state index in [4.69, 9.17) is 9.52 Å². The fourth-order valence-electron chi connectivity index (χ4n) is 2.06. The van der Waals surface area contributed by atoms with Crippen molar-refractivity contribution in [2.45, 2.75) is 19.4 Å². The molecule has 0 spiro atoms. The number of carbonyl (C=O) groups excluding carboxylic acids is 1. The summed E-state index contributed by atoms with van der Waals surface area (Å²) in [6.07, 6.45) is 0.606. The number of nitro benzene ring substituents is 1. The molecule has 0 atom stereocenters. The van der Waals surface area contributed by atoms with Crippen molar-refractivity contribution in [1.82, 2.24) is 9.88 Å². The van der Waals surface area contributed by atoms with Crippen LogP contribution >= 0.6 is 0 Å². The molecular weight excluding hydrogens is 294 g/mol. The summed E-state index contributed by atoms with van der Waals surface area (Å²) in [5.41, 5.74) is 0.437. The summed E-state index contributed by atoms with van der Waals surface area (Å²) in [4.78, 5) is 33.3. The number of nitrogens with one attached hydrogen (secondary N) is 1. The highest BCUT2D eigenvalue weighted by Gasteiger charge is 2.14. The molecular formula is C13H15N3O6. The van der Waals surface area contributed by atoms with Gasteiger partial charge in [-0.2, -0.15) is 0 Å². The van der Waals surface area contributed by atoms with Gasteiger partial charge >= 0.3 is 5.76 Å². The van der Waals surface area contributed by atoms with E-state index < -0.39 is 10.7 Å². The number of aryl methyl sites for hydroxylation is 1. The van der Waals surface area contributed by atoms with Gasteiger partial charge in [-0.3, -0.25) is 19.5 Å². The van der Waals surface area contributed by atoms with Gasteiger partial charge in [0.25, 0.3) is 5.69 Å². The van der Waals surface area contributed by atoms with E-state index in [1.165, 1.54) is 22.8 Å². The van der Waals surface area contributed by atoms with Gasteiger partial charge in [-0.15, -0.1) is 0 Å². The smallest absolute Gasteiger partial charge is 0.407 e. The van der Waals surface area contributed by atoms with E-state index >= 15 is 0 Å². The molecule has 0 saturated heterocycles. The van der Waals surface area contributed by atoms with Crippen LogP contribution in [0.15, 0.2) is 27.4 Å². The Bertz CT molecular complexity index is 748. The minimum absolute atomic E-state index is 0.129. The van der Waals surface area contributed by atoms with Crippen molar-refractivity contribution in [3.63, 3.8) is 0 Å². The average Bonchev–Trinajstić information content (AvgIpc) is 2.80. The highest BCUT2D eigenvalue weighted by molar-refractivity contribution is 5.76. The van der Waals surface area contributed by atoms with Crippen molar-refractivity contribution in [2.75, 3.05) is 13.2 Å². The van der Waals surface area contributed by atoms with Crippen molar-refractivity contribution >= 4 is 22.7 Å². The van der Waals surface area contributed by atoms with Gasteiger partial charge in [0.2, 0.25) is 5.91 Å². The molecule has 0 bridgehead atoms. The Kier molecular flexibility index (Phi) is 4.89. The monoisotopic (exact) mass is 309 g/mol. The second kappa shape index (κ2) is 6.85. The zero-order valence-corrected chi connectivity index (χ0v) is 11.7. The van der Waals surface area contributed by atoms with Gasteiger partial charge in [0.05, 0.1) is 23.1 Å². The van der Waals surface area contributed by atoms with Crippen molar-refractivity contribution < 1.29 is 19.2 Å². The summed E-state index contributed by atoms with van der Waals surface area (Å²) in [5.74, 6) is -0.836. The van der Waals surface area contributed by atoms with E-state index in [1.807, 2.05) is 0 Å². The third-order valence-corrected chi connectivity index (χ3v) is 3.08. The van der Waals surface area contributed by atoms with Crippen molar-refractivity contribution in [1.29, 1.82) is 0 Å². The summed E-state index contributed by atoms with van der Waals surface area (Å²) >= 11 is 0. The molecule has 0 saturated carbocycles. The van der Waals surface area contributed by atoms with Crippen LogP contribution in [0.25, 0.3) is 11.1 Å². The van der Waals surface area contributed by atoms with Crippen LogP contribution in [0.5, 0.6) is 0 Å². The molecule has 1 aromatic carbocycles. The molecule has 0 aliphatic rings. The van der Waals surface area contributed by atoms with Crippen LogP contribution in [0.2, 0.25) is 0 Å². The van der Waals surface area contributed by atoms with E-state index in [0.29, 0.717) is 11.9 Å². The summed E-state index contributed by atoms with van der Waals surface area (Å²) < 4.78 is 6.31. The first kappa shape index (κ1) is 15.7. The number of hydrogen-bond donors (Lipinski definition) is 2. The fourth-order valence-corrected chi connectivity index (χ4v) is 2.06. The quantitative estimate of drug-likeness (QED) is 0.562. The van der Waals surface area contributed by atoms with Gasteiger partial charge in [-0.05, 0) is 12.5 Å². The molecule has 0 aliphatic heterocycles. The maximum absolute atomic E-state index is 11.8. The Labute approximate surface area is 124 Å². The lowest BCUT2D eigenvalue weighted by atomic mass is 10.2. The van der Waals surface area contributed by atoms with Gasteiger partial charge in [0, 0.05) is 25.6 Å². The third-order valence-electron chi connectivity index (χ3n) is 3.08. The number of nitro groups is 1. The first-order chi connectivity index (χ1) is 10.5. The topological polar surface area (TPSA) is 128 Å². The highest BCUT2D eigenvalue weighted by Crippen LogP contribution is 2.20. The van der Waals surface area contributed by atoms with Crippen molar-refractivity contribution in [3.8, 4) is 0 Å². The largest absolute Gasteiger partial charge is 0.419 e. The van der Waals surface area contributed by atoms with E-state index in [9.17, 15) is 19.7 Å². The fraction of sp³-hybridized carbons (Fsp3) is 0.385. The molecule has 2 N–H and O–H groups in total. The van der Waals surface area contributed by atoms with Crippen LogP contribution in [-0.4, -0.2) is 33.7 Å². The predicted molar refractivity (Wildman–Crippen MR) is 76.5 cm³/mol. The maximum Gasteiger partial charge on any atom is 0.419 e. The number of benzene rings is 1. The van der Waals surface area contributed by atoms with Gasteiger partial charge in [0.1, 0.15) is 0 Å². The number of carbonyl (C=O) groups is 1. The number of rotatable bonds is 7. The van der Waals surface area contributed by atoms with Crippen LogP contribution in [0.4, 0.5) is 5.69 Å². The lowest BCUT2D eigenvalue weighted by molar-refractivity contribution is -0.384. The van der Waals surface area contributed by atoms with E-state index in [-0.39, 0.29) is 43.3 Å². The number of aliphatic hydroxyl groups excluding tert-OH is 1. The number of amides is 1. The van der Waals surface area contributed by atoms with E-state index in [0.717, 1.165) is 0 Å². The third kappa shape index (κ3) is 3.50. The lowest BCUT2D eigenvalue weighted by Crippen LogP contribution is -2.26. The summed E-state index contributed by atoms with van der Waals surface area (Å²) in [6.45, 7) is 0.323. The minimum atomic E-state index is -0.619. The number of aromatic nitrogens is 1. The van der Waals surface area contributed by atoms with Crippen LogP contribution in [-0.2, 0) is 11.3 Å². The Balaban J connectivity index is 2.08. The predicted octanol–water partition coefficient (Wildman–Crippen LogP) is 0.391. The van der Waals surface area contributed by atoms with Crippen LogP contribution < -0.4 is 11.1 Å². The number of nitrogens with zero attached hydrogens (tertiary/aromatic N) is 2. The molecule has 9 nitrogen and oxygen atoms in total. The van der Waals surface area contributed by atoms with Crippen molar-refractivity contribution in [3.05, 3.63) is 38.9 Å². The highest BCUT2D eigenvalue weighted by atomic mass is 16.6. The molecule has 1 aromatic heterocycles. The zero-order chi connectivity index (χ0) is 16.1. The van der Waals surface area contributed by atoms with Gasteiger partial charge in [0.15, 0.2) is 5.58 Å². The van der Waals surface area contributed by atoms with Crippen molar-refractivity contribution in [2.24, 2.45) is 0 Å². The molecule has 2 aromatic rings. The molecule has 0 unspecified atom stereocenters. The van der Waals surface area contributed by atoms with Crippen LogP contribution in [0.3, 0.4) is 0 Å². The second-order valence-corrected chi connectivity index (χ2v) is 4.61. The maximum atomic E-state index is 11.8. The van der Waals surface area contributed by atoms with E-state index in [1.54, 1.807) is 0 Å². The molecule has 1 amide bonds. The lowest BCUT2D eigenvalue weighted by Gasteiger charge is -2.04. The SMILES string of the molecule is O=C(CCCn1c(=O)oc2cc([N+](=O)[O-])ccc21)NCCO. The summed E-state index contributed by atoms with van der Waals surface area (Å²) in [5, 5.41) is 21.8. The molecule has 1 heterocycles. The number of hydrogen-bond acceptors (Lipinski definition) is 6. The number of fused-ring (bicyclic) bond motifs is 1. The molecule has 2 rings (SSSR count). The molecule has 0 radical (unpaired) electrons. The Morgan fingerprint density at radius 3 is 2.91 bits per heavy atom. The number of oxazole rings is 1. The Morgan fingerprint density at radius 2 is 2.23 bits per heavy atom. The second-order valence-electron chi connectivity index (χ2n) is 4.61. The molecule has 0 aliphatic carbocycles. The normalized spacial score (nSPS) is 10.8. The first-order valence-corrected chi connectivity index (χ1v) is 6.68. The first-order valence-electron chi connectivity index (χ1n) is 6.68. The molecule has 0 fully saturated rings. The summed E-state index contributed by atoms with van der Waals surface area (Å²) in [7, 11) is 0. The van der Waals surface area contributed by atoms with Crippen LogP contribution in [0, 0.1) is 10.1 Å². The van der Waals surface area contributed by atoms with Gasteiger partial charge in [-0.25, -0.2) is 4.79 Å². The van der Waals surface area contributed by atoms with Crippen LogP contribution in [0.1, 0.15) is 12.8 Å². The van der Waals surface area contributed by atoms with Gasteiger partial charge in [-0.1, -0.05) is 0 Å². The average molecular weight is 309 g/mol. The van der Waals surface area contributed by atoms with Gasteiger partial charge < -0.3 is 14.8 Å². The molecule has 118 valence electrons. The number of aliphatic hydroxyl groups is 1.